The highest BCUT2D eigenvalue weighted by molar-refractivity contribution is 5.86. The molecule has 2 aliphatic rings. The first-order valence-electron chi connectivity index (χ1n) is 12.6. The Balaban J connectivity index is 1.17. The summed E-state index contributed by atoms with van der Waals surface area (Å²) < 4.78 is 11.3. The molecule has 2 aromatic heterocycles. The van der Waals surface area contributed by atoms with Gasteiger partial charge in [-0.25, -0.2) is 0 Å². The number of nitrogens with zero attached hydrogens (tertiary/aromatic N) is 2. The summed E-state index contributed by atoms with van der Waals surface area (Å²) >= 11 is 0. The molecule has 0 aliphatic carbocycles. The van der Waals surface area contributed by atoms with Gasteiger partial charge in [-0.05, 0) is 49.2 Å². The van der Waals surface area contributed by atoms with E-state index < -0.39 is 0 Å². The topological polar surface area (TPSA) is 43.1 Å². The highest BCUT2D eigenvalue weighted by Gasteiger charge is 2.19. The maximum atomic E-state index is 6.25. The molecule has 0 bridgehead atoms. The molecule has 0 radical (unpaired) electrons. The van der Waals surface area contributed by atoms with E-state index in [9.17, 15) is 0 Å². The summed E-state index contributed by atoms with van der Waals surface area (Å²) in [5.41, 5.74) is 8.79. The normalized spacial score (nSPS) is 16.5. The summed E-state index contributed by atoms with van der Waals surface area (Å²) in [6.07, 6.45) is 4.42. The molecular weight excluding hydrogens is 408 g/mol. The van der Waals surface area contributed by atoms with Crippen LogP contribution in [0.3, 0.4) is 0 Å². The van der Waals surface area contributed by atoms with Crippen LogP contribution in [0.25, 0.3) is 21.8 Å². The van der Waals surface area contributed by atoms with Crippen LogP contribution in [0.4, 0.5) is 0 Å². The number of hydrogen-bond acceptors (Lipinski definition) is 3. The zero-order chi connectivity index (χ0) is 22.0. The van der Waals surface area contributed by atoms with E-state index in [2.05, 4.69) is 68.3 Å². The van der Waals surface area contributed by atoms with Crippen molar-refractivity contribution >= 4 is 21.8 Å². The van der Waals surface area contributed by atoms with Gasteiger partial charge >= 0.3 is 0 Å². The molecule has 33 heavy (non-hydrogen) atoms. The summed E-state index contributed by atoms with van der Waals surface area (Å²) in [5.74, 6) is 0. The van der Waals surface area contributed by atoms with Gasteiger partial charge in [0.2, 0.25) is 0 Å². The minimum absolute atomic E-state index is 0.751. The molecule has 0 atom stereocenters. The van der Waals surface area contributed by atoms with Crippen molar-refractivity contribution in [1.82, 2.24) is 19.8 Å². The monoisotopic (exact) mass is 442 g/mol. The number of fused-ring (bicyclic) bond motifs is 6. The SMILES string of the molecule is c1ccc2c(c1)c1c(n2CCOCCn2c3c(c4ccccc42)CCNCC3)CCNCC1. The first kappa shape index (κ1) is 21.0. The summed E-state index contributed by atoms with van der Waals surface area (Å²) in [4.78, 5) is 0. The summed E-state index contributed by atoms with van der Waals surface area (Å²) in [7, 11) is 0. The van der Waals surface area contributed by atoms with Crippen molar-refractivity contribution in [3.63, 3.8) is 0 Å². The van der Waals surface area contributed by atoms with Crippen LogP contribution < -0.4 is 10.6 Å². The highest BCUT2D eigenvalue weighted by atomic mass is 16.5. The second kappa shape index (κ2) is 9.34. The molecule has 0 amide bonds. The molecule has 5 nitrogen and oxygen atoms in total. The molecule has 4 aromatic rings. The molecule has 0 saturated carbocycles. The number of hydrogen-bond donors (Lipinski definition) is 2. The van der Waals surface area contributed by atoms with Crippen molar-refractivity contribution in [3.8, 4) is 0 Å². The average Bonchev–Trinajstić information content (AvgIpc) is 3.07. The number of rotatable bonds is 6. The van der Waals surface area contributed by atoms with Crippen LogP contribution in [0.1, 0.15) is 22.5 Å². The summed E-state index contributed by atoms with van der Waals surface area (Å²) in [6.45, 7) is 7.61. The Morgan fingerprint density at radius 1 is 0.606 bits per heavy atom. The molecule has 4 heterocycles. The van der Waals surface area contributed by atoms with Gasteiger partial charge in [-0.15, -0.1) is 0 Å². The summed E-state index contributed by atoms with van der Waals surface area (Å²) in [5, 5.41) is 9.96. The van der Waals surface area contributed by atoms with E-state index >= 15 is 0 Å². The van der Waals surface area contributed by atoms with E-state index in [0.29, 0.717) is 0 Å². The Labute approximate surface area is 195 Å². The Bertz CT molecular complexity index is 1170. The molecule has 2 N–H and O–H groups in total. The molecule has 6 rings (SSSR count). The standard InChI is InChI=1S/C28H34N4O/c1-3-7-25-21(5-1)23-9-13-29-15-11-27(23)31(25)17-19-33-20-18-32-26-8-4-2-6-22(26)24-10-14-30-16-12-28(24)32/h1-8,29-30H,9-20H2. The fraction of sp³-hybridized carbons (Fsp3) is 0.429. The second-order valence-electron chi connectivity index (χ2n) is 9.30. The van der Waals surface area contributed by atoms with Crippen LogP contribution in [0.15, 0.2) is 48.5 Å². The van der Waals surface area contributed by atoms with Crippen molar-refractivity contribution in [2.75, 3.05) is 39.4 Å². The van der Waals surface area contributed by atoms with Crippen LogP contribution in [-0.2, 0) is 43.5 Å². The van der Waals surface area contributed by atoms with Crippen LogP contribution >= 0.6 is 0 Å². The molecule has 2 aromatic carbocycles. The van der Waals surface area contributed by atoms with Crippen molar-refractivity contribution < 1.29 is 4.74 Å². The van der Waals surface area contributed by atoms with Crippen LogP contribution in [-0.4, -0.2) is 48.5 Å². The lowest BCUT2D eigenvalue weighted by Crippen LogP contribution is -2.18. The van der Waals surface area contributed by atoms with E-state index in [1.807, 2.05) is 0 Å². The highest BCUT2D eigenvalue weighted by Crippen LogP contribution is 2.29. The van der Waals surface area contributed by atoms with Gasteiger partial charge in [0.05, 0.1) is 13.2 Å². The maximum absolute atomic E-state index is 6.25. The third-order valence-electron chi connectivity index (χ3n) is 7.49. The maximum Gasteiger partial charge on any atom is 0.0646 e. The number of para-hydroxylation sites is 2. The predicted molar refractivity (Wildman–Crippen MR) is 135 cm³/mol. The molecule has 5 heteroatoms. The predicted octanol–water partition coefficient (Wildman–Crippen LogP) is 3.69. The van der Waals surface area contributed by atoms with E-state index in [0.717, 1.165) is 78.2 Å². The second-order valence-corrected chi connectivity index (χ2v) is 9.30. The Kier molecular flexibility index (Phi) is 5.93. The van der Waals surface area contributed by atoms with Crippen LogP contribution in [0, 0.1) is 0 Å². The lowest BCUT2D eigenvalue weighted by molar-refractivity contribution is 0.119. The quantitative estimate of drug-likeness (QED) is 0.448. The third-order valence-corrected chi connectivity index (χ3v) is 7.49. The Morgan fingerprint density at radius 2 is 1.06 bits per heavy atom. The Morgan fingerprint density at radius 3 is 1.58 bits per heavy atom. The third kappa shape index (κ3) is 3.88. The van der Waals surface area contributed by atoms with E-state index in [-0.39, 0.29) is 0 Å². The Hall–Kier alpha value is -2.60. The van der Waals surface area contributed by atoms with Crippen molar-refractivity contribution in [3.05, 3.63) is 71.0 Å². The van der Waals surface area contributed by atoms with Gasteiger partial charge in [-0.3, -0.25) is 0 Å². The number of benzene rings is 2. The average molecular weight is 443 g/mol. The minimum Gasteiger partial charge on any atom is -0.378 e. The first-order chi connectivity index (χ1) is 16.4. The van der Waals surface area contributed by atoms with Crippen LogP contribution in [0.5, 0.6) is 0 Å². The van der Waals surface area contributed by atoms with E-state index in [1.54, 1.807) is 0 Å². The minimum atomic E-state index is 0.751. The zero-order valence-electron chi connectivity index (χ0n) is 19.4. The van der Waals surface area contributed by atoms with Gasteiger partial charge in [0.25, 0.3) is 0 Å². The van der Waals surface area contributed by atoms with Gasteiger partial charge < -0.3 is 24.5 Å². The molecule has 2 aliphatic heterocycles. The first-order valence-corrected chi connectivity index (χ1v) is 12.6. The molecule has 0 fully saturated rings. The zero-order valence-corrected chi connectivity index (χ0v) is 19.4. The molecule has 0 saturated heterocycles. The number of nitrogens with one attached hydrogen (secondary N) is 2. The van der Waals surface area contributed by atoms with Crippen molar-refractivity contribution in [2.45, 2.75) is 38.8 Å². The lowest BCUT2D eigenvalue weighted by atomic mass is 10.1. The molecular formula is C28H34N4O. The van der Waals surface area contributed by atoms with E-state index in [4.69, 9.17) is 4.74 Å². The molecule has 172 valence electrons. The molecule has 0 unspecified atom stereocenters. The van der Waals surface area contributed by atoms with Gasteiger partial charge in [-0.1, -0.05) is 36.4 Å². The molecule has 0 spiro atoms. The van der Waals surface area contributed by atoms with Gasteiger partial charge in [0.1, 0.15) is 0 Å². The van der Waals surface area contributed by atoms with Gasteiger partial charge in [0.15, 0.2) is 0 Å². The van der Waals surface area contributed by atoms with E-state index in [1.165, 1.54) is 44.3 Å². The fourth-order valence-corrected chi connectivity index (χ4v) is 6.00. The lowest BCUT2D eigenvalue weighted by Gasteiger charge is -2.14. The number of aromatic nitrogens is 2. The largest absolute Gasteiger partial charge is 0.378 e. The smallest absolute Gasteiger partial charge is 0.0646 e. The van der Waals surface area contributed by atoms with Crippen molar-refractivity contribution in [1.29, 1.82) is 0 Å². The summed E-state index contributed by atoms with van der Waals surface area (Å²) in [6, 6.07) is 17.8. The number of ether oxygens (including phenoxy) is 1. The van der Waals surface area contributed by atoms with Gasteiger partial charge in [0, 0.05) is 72.2 Å². The van der Waals surface area contributed by atoms with Crippen molar-refractivity contribution in [2.24, 2.45) is 0 Å². The fourth-order valence-electron chi connectivity index (χ4n) is 6.00. The van der Waals surface area contributed by atoms with Crippen LogP contribution in [0.2, 0.25) is 0 Å². The van der Waals surface area contributed by atoms with Gasteiger partial charge in [-0.2, -0.15) is 0 Å².